The fourth-order valence-corrected chi connectivity index (χ4v) is 2.05. The zero-order valence-corrected chi connectivity index (χ0v) is 13.0. The Morgan fingerprint density at radius 1 is 1.30 bits per heavy atom. The van der Waals surface area contributed by atoms with E-state index in [1.807, 2.05) is 6.92 Å². The van der Waals surface area contributed by atoms with Gasteiger partial charge in [-0.05, 0) is 36.9 Å². The molecule has 20 heavy (non-hydrogen) atoms. The van der Waals surface area contributed by atoms with Crippen LogP contribution in [0.15, 0.2) is 29.6 Å². The van der Waals surface area contributed by atoms with Crippen LogP contribution in [0.2, 0.25) is 10.0 Å². The number of thioether (sulfide) groups is 1. The van der Waals surface area contributed by atoms with E-state index in [1.54, 1.807) is 24.5 Å². The first-order valence-corrected chi connectivity index (χ1v) is 7.54. The van der Waals surface area contributed by atoms with E-state index in [2.05, 4.69) is 9.97 Å². The normalized spacial score (nSPS) is 10.4. The van der Waals surface area contributed by atoms with Gasteiger partial charge in [0, 0.05) is 5.02 Å². The maximum atomic E-state index is 12.1. The monoisotopic (exact) mass is 328 g/mol. The Kier molecular flexibility index (Phi) is 4.86. The van der Waals surface area contributed by atoms with E-state index in [1.165, 1.54) is 18.0 Å². The maximum absolute atomic E-state index is 12.1. The molecule has 0 amide bonds. The molecule has 0 aliphatic rings. The summed E-state index contributed by atoms with van der Waals surface area (Å²) in [6.07, 6.45) is 3.19. The first kappa shape index (κ1) is 15.1. The van der Waals surface area contributed by atoms with Crippen LogP contribution in [0.25, 0.3) is 0 Å². The Balaban J connectivity index is 2.25. The van der Waals surface area contributed by atoms with Gasteiger partial charge in [-0.15, -0.1) is 0 Å². The number of aryl methyl sites for hydroxylation is 1. The van der Waals surface area contributed by atoms with Crippen LogP contribution in [0.4, 0.5) is 0 Å². The minimum absolute atomic E-state index is 0.0404. The summed E-state index contributed by atoms with van der Waals surface area (Å²) < 4.78 is 5.24. The minimum Gasteiger partial charge on any atom is -0.422 e. The molecule has 0 aliphatic carbocycles. The van der Waals surface area contributed by atoms with Crippen molar-refractivity contribution in [1.29, 1.82) is 0 Å². The molecule has 1 heterocycles. The quantitative estimate of drug-likeness (QED) is 0.368. The molecular weight excluding hydrogens is 319 g/mol. The van der Waals surface area contributed by atoms with Crippen molar-refractivity contribution >= 4 is 40.9 Å². The average molecular weight is 329 g/mol. The summed E-state index contributed by atoms with van der Waals surface area (Å²) in [6.45, 7) is 1.82. The lowest BCUT2D eigenvalue weighted by atomic mass is 10.2. The Hall–Kier alpha value is -1.30. The van der Waals surface area contributed by atoms with Crippen LogP contribution in [-0.2, 0) is 0 Å². The number of hydrogen-bond acceptors (Lipinski definition) is 5. The Morgan fingerprint density at radius 2 is 2.05 bits per heavy atom. The lowest BCUT2D eigenvalue weighted by Crippen LogP contribution is -2.12. The van der Waals surface area contributed by atoms with Gasteiger partial charge in [0.15, 0.2) is 10.9 Å². The number of nitrogens with zero attached hydrogens (tertiary/aromatic N) is 2. The van der Waals surface area contributed by atoms with Crippen molar-refractivity contribution in [3.05, 3.63) is 45.7 Å². The van der Waals surface area contributed by atoms with Crippen molar-refractivity contribution in [3.63, 3.8) is 0 Å². The Labute approximate surface area is 130 Å². The third-order valence-corrected chi connectivity index (χ3v) is 3.70. The fraction of sp³-hybridized carbons (Fsp3) is 0.154. The van der Waals surface area contributed by atoms with Crippen molar-refractivity contribution in [2.24, 2.45) is 0 Å². The summed E-state index contributed by atoms with van der Waals surface area (Å²) in [7, 11) is 0. The summed E-state index contributed by atoms with van der Waals surface area (Å²) in [5.41, 5.74) is 0.856. The van der Waals surface area contributed by atoms with Crippen LogP contribution in [-0.4, -0.2) is 22.2 Å². The number of esters is 1. The van der Waals surface area contributed by atoms with Crippen molar-refractivity contribution in [3.8, 4) is 5.75 Å². The number of hydrogen-bond donors (Lipinski definition) is 0. The second-order valence-electron chi connectivity index (χ2n) is 3.85. The predicted octanol–water partition coefficient (Wildman–Crippen LogP) is 4.03. The van der Waals surface area contributed by atoms with Crippen LogP contribution >= 0.6 is 35.0 Å². The Morgan fingerprint density at radius 3 is 2.70 bits per heavy atom. The first-order valence-electron chi connectivity index (χ1n) is 5.56. The zero-order valence-electron chi connectivity index (χ0n) is 10.7. The van der Waals surface area contributed by atoms with Gasteiger partial charge in [0.05, 0.1) is 11.2 Å². The van der Waals surface area contributed by atoms with Gasteiger partial charge < -0.3 is 4.74 Å². The highest BCUT2D eigenvalue weighted by Gasteiger charge is 2.16. The van der Waals surface area contributed by atoms with E-state index in [0.29, 0.717) is 15.9 Å². The van der Waals surface area contributed by atoms with Gasteiger partial charge in [-0.3, -0.25) is 0 Å². The summed E-state index contributed by atoms with van der Waals surface area (Å²) in [4.78, 5) is 20.1. The number of carbonyl (C=O) groups excluding carboxylic acids is 1. The molecule has 0 radical (unpaired) electrons. The topological polar surface area (TPSA) is 52.1 Å². The number of aromatic nitrogens is 2. The van der Waals surface area contributed by atoms with Gasteiger partial charge >= 0.3 is 5.97 Å². The summed E-state index contributed by atoms with van der Waals surface area (Å²) >= 11 is 13.1. The van der Waals surface area contributed by atoms with Crippen molar-refractivity contribution in [2.45, 2.75) is 12.1 Å². The molecule has 0 N–H and O–H groups in total. The summed E-state index contributed by atoms with van der Waals surface area (Å²) in [5, 5.41) is 1.21. The van der Waals surface area contributed by atoms with Crippen LogP contribution in [0.1, 0.15) is 16.1 Å². The highest BCUT2D eigenvalue weighted by molar-refractivity contribution is 7.98. The van der Waals surface area contributed by atoms with E-state index in [-0.39, 0.29) is 10.7 Å². The number of carbonyl (C=O) groups is 1. The zero-order chi connectivity index (χ0) is 14.7. The lowest BCUT2D eigenvalue weighted by Gasteiger charge is -2.07. The molecule has 2 rings (SSSR count). The molecule has 4 nitrogen and oxygen atoms in total. The number of ether oxygens (including phenoxy) is 1. The molecule has 0 saturated heterocycles. The van der Waals surface area contributed by atoms with E-state index in [9.17, 15) is 4.79 Å². The van der Waals surface area contributed by atoms with Gasteiger partial charge in [-0.1, -0.05) is 35.0 Å². The minimum atomic E-state index is -0.630. The highest BCUT2D eigenvalue weighted by atomic mass is 35.5. The smallest absolute Gasteiger partial charge is 0.364 e. The molecule has 1 aromatic heterocycles. The lowest BCUT2D eigenvalue weighted by molar-refractivity contribution is 0.0727. The molecule has 0 aliphatic heterocycles. The molecule has 7 heteroatoms. The third kappa shape index (κ3) is 3.42. The molecule has 0 spiro atoms. The highest BCUT2D eigenvalue weighted by Crippen LogP contribution is 2.23. The van der Waals surface area contributed by atoms with Crippen LogP contribution in [0.5, 0.6) is 5.75 Å². The number of benzene rings is 1. The fourth-order valence-electron chi connectivity index (χ4n) is 1.43. The second-order valence-corrected chi connectivity index (χ2v) is 5.44. The molecule has 2 aromatic rings. The van der Waals surface area contributed by atoms with Crippen molar-refractivity contribution in [1.82, 2.24) is 9.97 Å². The van der Waals surface area contributed by atoms with Gasteiger partial charge in [0.25, 0.3) is 0 Å². The molecule has 104 valence electrons. The maximum Gasteiger partial charge on any atom is 0.364 e. The molecule has 1 aromatic carbocycles. The molecule has 0 bridgehead atoms. The van der Waals surface area contributed by atoms with Gasteiger partial charge in [-0.25, -0.2) is 14.8 Å². The van der Waals surface area contributed by atoms with E-state index in [0.717, 1.165) is 5.56 Å². The molecular formula is C13H10Cl2N2O2S. The van der Waals surface area contributed by atoms with Crippen LogP contribution in [0.3, 0.4) is 0 Å². The second kappa shape index (κ2) is 6.43. The summed E-state index contributed by atoms with van der Waals surface area (Å²) in [5.74, 6) is -0.244. The average Bonchev–Trinajstić information content (AvgIpc) is 2.43. The van der Waals surface area contributed by atoms with Gasteiger partial charge in [-0.2, -0.15) is 0 Å². The first-order chi connectivity index (χ1) is 9.51. The number of halogens is 2. The van der Waals surface area contributed by atoms with E-state index >= 15 is 0 Å². The number of rotatable bonds is 3. The molecule has 0 saturated carbocycles. The van der Waals surface area contributed by atoms with Gasteiger partial charge in [0.1, 0.15) is 5.75 Å². The van der Waals surface area contributed by atoms with E-state index in [4.69, 9.17) is 27.9 Å². The molecule has 0 fully saturated rings. The SMILES string of the molecule is CSc1ncc(Cl)c(C(=O)Oc2ccc(Cl)c(C)c2)n1. The predicted molar refractivity (Wildman–Crippen MR) is 80.0 cm³/mol. The van der Waals surface area contributed by atoms with Crippen molar-refractivity contribution < 1.29 is 9.53 Å². The molecule has 0 unspecified atom stereocenters. The van der Waals surface area contributed by atoms with Crippen LogP contribution in [0, 0.1) is 6.92 Å². The van der Waals surface area contributed by atoms with E-state index < -0.39 is 5.97 Å². The largest absolute Gasteiger partial charge is 0.422 e. The van der Waals surface area contributed by atoms with Gasteiger partial charge in [0.2, 0.25) is 0 Å². The molecule has 0 atom stereocenters. The van der Waals surface area contributed by atoms with Crippen molar-refractivity contribution in [2.75, 3.05) is 6.26 Å². The van der Waals surface area contributed by atoms with Crippen LogP contribution < -0.4 is 4.74 Å². The summed E-state index contributed by atoms with van der Waals surface area (Å²) in [6, 6.07) is 4.94. The third-order valence-electron chi connectivity index (χ3n) is 2.44. The Bertz CT molecular complexity index is 665. The standard InChI is InChI=1S/C13H10Cl2N2O2S/c1-7-5-8(3-4-9(7)14)19-12(18)11-10(15)6-16-13(17-11)20-2/h3-6H,1-2H3.